The van der Waals surface area contributed by atoms with Crippen LogP contribution in [0.4, 0.5) is 0 Å². The largest absolute Gasteiger partial charge is 0.496 e. The molecule has 2 N–H and O–H groups in total. The average molecular weight is 395 g/mol. The van der Waals surface area contributed by atoms with Gasteiger partial charge in [-0.3, -0.25) is 0 Å². The molecule has 0 aliphatic rings. The summed E-state index contributed by atoms with van der Waals surface area (Å²) in [7, 11) is -0.735. The van der Waals surface area contributed by atoms with E-state index in [1.807, 2.05) is 6.92 Å². The zero-order chi connectivity index (χ0) is 20.0. The van der Waals surface area contributed by atoms with Gasteiger partial charge in [-0.05, 0) is 43.3 Å². The van der Waals surface area contributed by atoms with Gasteiger partial charge in [-0.2, -0.15) is 0 Å². The molecule has 0 aromatic heterocycles. The quantitative estimate of drug-likeness (QED) is 0.536. The molecule has 2 rings (SSSR count). The number of methoxy groups -OCH3 is 2. The van der Waals surface area contributed by atoms with Gasteiger partial charge in [0.25, 0.3) is 0 Å². The molecule has 0 bridgehead atoms. The van der Waals surface area contributed by atoms with Crippen molar-refractivity contribution in [2.75, 3.05) is 27.4 Å². The number of primary sulfonamides is 1. The number of carbonyl (C=O) groups is 1. The topological polar surface area (TPSA) is 114 Å². The molecule has 0 heterocycles. The summed E-state index contributed by atoms with van der Waals surface area (Å²) < 4.78 is 43.4. The highest BCUT2D eigenvalue weighted by atomic mass is 32.2. The average Bonchev–Trinajstić information content (AvgIpc) is 2.64. The molecule has 27 heavy (non-hydrogen) atoms. The van der Waals surface area contributed by atoms with Gasteiger partial charge in [-0.25, -0.2) is 18.4 Å². The third-order valence-corrected chi connectivity index (χ3v) is 4.65. The molecule has 9 heteroatoms. The number of rotatable bonds is 8. The highest BCUT2D eigenvalue weighted by Crippen LogP contribution is 2.29. The molecule has 0 radical (unpaired) electrons. The van der Waals surface area contributed by atoms with Crippen molar-refractivity contribution < 1.29 is 32.2 Å². The van der Waals surface area contributed by atoms with E-state index in [0.29, 0.717) is 22.8 Å². The fourth-order valence-electron chi connectivity index (χ4n) is 2.31. The van der Waals surface area contributed by atoms with Crippen LogP contribution in [0.1, 0.15) is 15.9 Å². The lowest BCUT2D eigenvalue weighted by Gasteiger charge is -2.12. The number of sulfonamides is 1. The van der Waals surface area contributed by atoms with Crippen molar-refractivity contribution in [3.8, 4) is 17.2 Å². The van der Waals surface area contributed by atoms with E-state index >= 15 is 0 Å². The maximum atomic E-state index is 12.2. The summed E-state index contributed by atoms with van der Waals surface area (Å²) in [6, 6.07) is 8.76. The van der Waals surface area contributed by atoms with E-state index in [1.54, 1.807) is 12.1 Å². The molecule has 0 amide bonds. The fraction of sp³-hybridized carbons (Fsp3) is 0.278. The van der Waals surface area contributed by atoms with Crippen LogP contribution in [0.5, 0.6) is 17.2 Å². The number of carbonyl (C=O) groups excluding carboxylic acids is 1. The summed E-state index contributed by atoms with van der Waals surface area (Å²) in [5.41, 5.74) is 1.08. The Bertz CT molecular complexity index is 883. The van der Waals surface area contributed by atoms with Crippen LogP contribution < -0.4 is 19.3 Å². The zero-order valence-corrected chi connectivity index (χ0v) is 16.0. The number of esters is 1. The molecule has 146 valence electrons. The van der Waals surface area contributed by atoms with Crippen LogP contribution in [0.25, 0.3) is 0 Å². The SMILES string of the molecule is COc1cc(C(=O)OCCOc2ccc(S(N)(=O)=O)cc2)cc(OC)c1C. The number of hydrogen-bond donors (Lipinski definition) is 1. The van der Waals surface area contributed by atoms with Gasteiger partial charge < -0.3 is 18.9 Å². The minimum atomic E-state index is -3.75. The van der Waals surface area contributed by atoms with Crippen LogP contribution in [0, 0.1) is 6.92 Å². The van der Waals surface area contributed by atoms with Crippen molar-refractivity contribution in [3.63, 3.8) is 0 Å². The molecule has 0 unspecified atom stereocenters. The summed E-state index contributed by atoms with van der Waals surface area (Å²) in [6.07, 6.45) is 0. The van der Waals surface area contributed by atoms with Crippen molar-refractivity contribution in [1.29, 1.82) is 0 Å². The maximum absolute atomic E-state index is 12.2. The Morgan fingerprint density at radius 3 is 2.04 bits per heavy atom. The molecule has 0 atom stereocenters. The lowest BCUT2D eigenvalue weighted by Crippen LogP contribution is -2.13. The molecule has 0 aliphatic heterocycles. The predicted octanol–water partition coefficient (Wildman–Crippen LogP) is 1.90. The van der Waals surface area contributed by atoms with E-state index in [4.69, 9.17) is 24.1 Å². The Kier molecular flexibility index (Phi) is 6.65. The van der Waals surface area contributed by atoms with Crippen molar-refractivity contribution >= 4 is 16.0 Å². The van der Waals surface area contributed by atoms with Crippen LogP contribution in [0.3, 0.4) is 0 Å². The van der Waals surface area contributed by atoms with Gasteiger partial charge in [0.1, 0.15) is 30.5 Å². The van der Waals surface area contributed by atoms with E-state index < -0.39 is 16.0 Å². The molecule has 0 spiro atoms. The molecular weight excluding hydrogens is 374 g/mol. The Hall–Kier alpha value is -2.78. The van der Waals surface area contributed by atoms with E-state index in [1.165, 1.54) is 38.5 Å². The highest BCUT2D eigenvalue weighted by Gasteiger charge is 2.15. The van der Waals surface area contributed by atoms with Crippen LogP contribution in [0.2, 0.25) is 0 Å². The summed E-state index contributed by atoms with van der Waals surface area (Å²) in [4.78, 5) is 12.2. The Morgan fingerprint density at radius 1 is 1.00 bits per heavy atom. The number of ether oxygens (including phenoxy) is 4. The van der Waals surface area contributed by atoms with Crippen molar-refractivity contribution in [1.82, 2.24) is 0 Å². The minimum absolute atomic E-state index is 0.00821. The Labute approximate surface area is 157 Å². The van der Waals surface area contributed by atoms with Crippen LogP contribution in [-0.2, 0) is 14.8 Å². The van der Waals surface area contributed by atoms with Crippen LogP contribution in [0.15, 0.2) is 41.3 Å². The van der Waals surface area contributed by atoms with Gasteiger partial charge in [0.15, 0.2) is 0 Å². The molecule has 0 fully saturated rings. The molecule has 2 aromatic carbocycles. The van der Waals surface area contributed by atoms with Gasteiger partial charge in [-0.15, -0.1) is 0 Å². The fourth-order valence-corrected chi connectivity index (χ4v) is 2.82. The van der Waals surface area contributed by atoms with Gasteiger partial charge in [0, 0.05) is 5.56 Å². The van der Waals surface area contributed by atoms with Crippen molar-refractivity contribution in [3.05, 3.63) is 47.5 Å². The van der Waals surface area contributed by atoms with Crippen LogP contribution in [-0.4, -0.2) is 41.8 Å². The second-order valence-electron chi connectivity index (χ2n) is 5.51. The first-order chi connectivity index (χ1) is 12.8. The predicted molar refractivity (Wildman–Crippen MR) is 97.9 cm³/mol. The Morgan fingerprint density at radius 2 is 1.56 bits per heavy atom. The first-order valence-electron chi connectivity index (χ1n) is 7.91. The molecule has 0 aliphatic carbocycles. The van der Waals surface area contributed by atoms with E-state index in [2.05, 4.69) is 0 Å². The third kappa shape index (κ3) is 5.35. The Balaban J connectivity index is 1.91. The maximum Gasteiger partial charge on any atom is 0.338 e. The first kappa shape index (κ1) is 20.5. The van der Waals surface area contributed by atoms with E-state index in [9.17, 15) is 13.2 Å². The molecule has 2 aromatic rings. The normalized spacial score (nSPS) is 11.0. The standard InChI is InChI=1S/C18H21NO7S/c1-12-16(23-2)10-13(11-17(12)24-3)18(20)26-9-8-25-14-4-6-15(7-5-14)27(19,21)22/h4-7,10-11H,8-9H2,1-3H3,(H2,19,21,22). The summed E-state index contributed by atoms with van der Waals surface area (Å²) in [6.45, 7) is 1.93. The number of hydrogen-bond acceptors (Lipinski definition) is 7. The van der Waals surface area contributed by atoms with Crippen molar-refractivity contribution in [2.24, 2.45) is 5.14 Å². The van der Waals surface area contributed by atoms with Gasteiger partial charge >= 0.3 is 5.97 Å². The summed E-state index contributed by atoms with van der Waals surface area (Å²) in [5, 5.41) is 5.02. The lowest BCUT2D eigenvalue weighted by molar-refractivity contribution is 0.0449. The second kappa shape index (κ2) is 8.74. The van der Waals surface area contributed by atoms with Gasteiger partial charge in [0.2, 0.25) is 10.0 Å². The molecule has 0 saturated carbocycles. The molecular formula is C18H21NO7S. The van der Waals surface area contributed by atoms with Crippen molar-refractivity contribution in [2.45, 2.75) is 11.8 Å². The zero-order valence-electron chi connectivity index (χ0n) is 15.2. The summed E-state index contributed by atoms with van der Waals surface area (Å²) >= 11 is 0. The van der Waals surface area contributed by atoms with Gasteiger partial charge in [-0.1, -0.05) is 0 Å². The minimum Gasteiger partial charge on any atom is -0.496 e. The summed E-state index contributed by atoms with van der Waals surface area (Å²) in [5.74, 6) is 0.928. The number of benzene rings is 2. The highest BCUT2D eigenvalue weighted by molar-refractivity contribution is 7.89. The van der Waals surface area contributed by atoms with Gasteiger partial charge in [0.05, 0.1) is 24.7 Å². The lowest BCUT2D eigenvalue weighted by atomic mass is 10.1. The second-order valence-corrected chi connectivity index (χ2v) is 7.07. The monoisotopic (exact) mass is 395 g/mol. The van der Waals surface area contributed by atoms with E-state index in [0.717, 1.165) is 5.56 Å². The number of nitrogens with two attached hydrogens (primary N) is 1. The first-order valence-corrected chi connectivity index (χ1v) is 9.46. The smallest absolute Gasteiger partial charge is 0.338 e. The van der Waals surface area contributed by atoms with Crippen LogP contribution >= 0.6 is 0 Å². The molecule has 8 nitrogen and oxygen atoms in total. The van der Waals surface area contributed by atoms with E-state index in [-0.39, 0.29) is 18.1 Å². The third-order valence-electron chi connectivity index (χ3n) is 3.73. The molecule has 0 saturated heterocycles.